The number of piperazine rings is 1. The van der Waals surface area contributed by atoms with Gasteiger partial charge in [0.25, 0.3) is 0 Å². The summed E-state index contributed by atoms with van der Waals surface area (Å²) in [7, 11) is 0. The predicted octanol–water partition coefficient (Wildman–Crippen LogP) is 6.07. The van der Waals surface area contributed by atoms with E-state index in [-0.39, 0.29) is 31.6 Å². The highest BCUT2D eigenvalue weighted by molar-refractivity contribution is 5.85. The Morgan fingerprint density at radius 2 is 1.59 bits per heavy atom. The Balaban J connectivity index is 1.89. The van der Waals surface area contributed by atoms with Crippen molar-refractivity contribution in [3.05, 3.63) is 70.8 Å². The Morgan fingerprint density at radius 1 is 0.976 bits per heavy atom. The fraction of sp³-hybridized carbons (Fsp3) is 0.464. The topological polar surface area (TPSA) is 70.2 Å². The zero-order chi connectivity index (χ0) is 30.4. The summed E-state index contributed by atoms with van der Waals surface area (Å²) in [6.45, 7) is 2.91. The lowest BCUT2D eigenvalue weighted by Crippen LogP contribution is -2.66. The third-order valence-corrected chi connectivity index (χ3v) is 6.65. The zero-order valence-electron chi connectivity index (χ0n) is 22.5. The first-order chi connectivity index (χ1) is 19.3. The predicted molar refractivity (Wildman–Crippen MR) is 136 cm³/mol. The van der Waals surface area contributed by atoms with Crippen LogP contribution >= 0.6 is 0 Å². The summed E-state index contributed by atoms with van der Waals surface area (Å²) in [6.07, 6.45) is -10.4. The molecule has 224 valence electrons. The minimum absolute atomic E-state index is 0.00903. The van der Waals surface area contributed by atoms with E-state index in [2.05, 4.69) is 0 Å². The number of amides is 3. The van der Waals surface area contributed by atoms with Gasteiger partial charge < -0.3 is 14.5 Å². The Labute approximate surface area is 233 Å². The van der Waals surface area contributed by atoms with Crippen LogP contribution in [0.15, 0.2) is 48.5 Å². The highest BCUT2D eigenvalue weighted by Crippen LogP contribution is 2.36. The van der Waals surface area contributed by atoms with Crippen LogP contribution in [0.3, 0.4) is 0 Å². The molecule has 1 heterocycles. The summed E-state index contributed by atoms with van der Waals surface area (Å²) in [5.41, 5.74) is -2.73. The molecule has 1 saturated heterocycles. The van der Waals surface area contributed by atoms with Gasteiger partial charge in [0, 0.05) is 13.1 Å². The second-order valence-electron chi connectivity index (χ2n) is 9.70. The number of rotatable bonds is 10. The number of ether oxygens (including phenoxy) is 1. The third kappa shape index (κ3) is 7.92. The average Bonchev–Trinajstić information content (AvgIpc) is 2.92. The summed E-state index contributed by atoms with van der Waals surface area (Å²) in [5, 5.41) is 0. The summed E-state index contributed by atoms with van der Waals surface area (Å²) in [6, 6.07) is 9.18. The first-order valence-corrected chi connectivity index (χ1v) is 13.1. The van der Waals surface area contributed by atoms with Crippen LogP contribution in [0, 0.1) is 0 Å². The highest BCUT2D eigenvalue weighted by atomic mass is 19.4. The summed E-state index contributed by atoms with van der Waals surface area (Å²) < 4.78 is 84.8. The molecule has 3 amide bonds. The van der Waals surface area contributed by atoms with Crippen molar-refractivity contribution in [1.82, 2.24) is 14.7 Å². The molecule has 0 spiro atoms. The summed E-state index contributed by atoms with van der Waals surface area (Å²) >= 11 is 0. The largest absolute Gasteiger partial charge is 0.444 e. The molecule has 3 rings (SSSR count). The molecular formula is C28H31F6N3O4. The average molecular weight is 588 g/mol. The summed E-state index contributed by atoms with van der Waals surface area (Å²) in [4.78, 5) is 42.7. The molecule has 0 aliphatic carbocycles. The van der Waals surface area contributed by atoms with Gasteiger partial charge in [0.05, 0.1) is 17.7 Å². The first kappa shape index (κ1) is 31.8. The van der Waals surface area contributed by atoms with E-state index in [1.165, 1.54) is 14.7 Å². The van der Waals surface area contributed by atoms with Crippen LogP contribution in [0.5, 0.6) is 0 Å². The zero-order valence-corrected chi connectivity index (χ0v) is 22.5. The minimum atomic E-state index is -5.05. The monoisotopic (exact) mass is 587 g/mol. The van der Waals surface area contributed by atoms with Gasteiger partial charge in [-0.1, -0.05) is 50.6 Å². The number of benzene rings is 2. The molecule has 41 heavy (non-hydrogen) atoms. The van der Waals surface area contributed by atoms with Crippen molar-refractivity contribution in [3.8, 4) is 0 Å². The molecule has 2 aromatic rings. The van der Waals surface area contributed by atoms with E-state index in [9.17, 15) is 40.7 Å². The van der Waals surface area contributed by atoms with Gasteiger partial charge >= 0.3 is 18.4 Å². The second-order valence-corrected chi connectivity index (χ2v) is 9.70. The van der Waals surface area contributed by atoms with Gasteiger partial charge in [0.15, 0.2) is 0 Å². The quantitative estimate of drug-likeness (QED) is 0.250. The van der Waals surface area contributed by atoms with Gasteiger partial charge in [-0.15, -0.1) is 0 Å². The van der Waals surface area contributed by atoms with Crippen LogP contribution in [0.2, 0.25) is 0 Å². The smallest absolute Gasteiger partial charge is 0.416 e. The van der Waals surface area contributed by atoms with Crippen LogP contribution in [0.25, 0.3) is 0 Å². The third-order valence-electron chi connectivity index (χ3n) is 6.65. The Bertz CT molecular complexity index is 1170. The lowest BCUT2D eigenvalue weighted by atomic mass is 10.0. The van der Waals surface area contributed by atoms with Crippen molar-refractivity contribution in [3.63, 3.8) is 0 Å². The van der Waals surface area contributed by atoms with E-state index in [1.807, 2.05) is 25.1 Å². The molecule has 1 unspecified atom stereocenters. The maximum atomic E-state index is 13.3. The maximum absolute atomic E-state index is 13.3. The summed E-state index contributed by atoms with van der Waals surface area (Å²) in [5.74, 6) is -0.299. The first-order valence-electron chi connectivity index (χ1n) is 13.1. The van der Waals surface area contributed by atoms with Gasteiger partial charge in [-0.05, 0) is 42.2 Å². The van der Waals surface area contributed by atoms with Crippen LogP contribution in [-0.2, 0) is 39.8 Å². The number of nitrogens with zero attached hydrogens (tertiary/aromatic N) is 3. The van der Waals surface area contributed by atoms with Crippen molar-refractivity contribution >= 4 is 18.4 Å². The van der Waals surface area contributed by atoms with Crippen molar-refractivity contribution < 1.29 is 45.5 Å². The molecule has 0 radical (unpaired) electrons. The Hall–Kier alpha value is -3.77. The number of hydrogen-bond acceptors (Lipinski definition) is 4. The molecule has 0 saturated carbocycles. The Kier molecular flexibility index (Phi) is 10.3. The molecule has 2 atom stereocenters. The van der Waals surface area contributed by atoms with Gasteiger partial charge in [0.2, 0.25) is 12.3 Å². The minimum Gasteiger partial charge on any atom is -0.444 e. The van der Waals surface area contributed by atoms with E-state index in [1.54, 1.807) is 19.1 Å². The molecule has 1 aliphatic rings. The van der Waals surface area contributed by atoms with Gasteiger partial charge in [-0.2, -0.15) is 26.3 Å². The molecule has 1 aliphatic heterocycles. The number of halogens is 6. The molecule has 0 bridgehead atoms. The lowest BCUT2D eigenvalue weighted by molar-refractivity contribution is -0.157. The highest BCUT2D eigenvalue weighted by Gasteiger charge is 2.44. The van der Waals surface area contributed by atoms with Crippen LogP contribution in [0.1, 0.15) is 55.4 Å². The van der Waals surface area contributed by atoms with E-state index in [0.717, 1.165) is 5.56 Å². The molecule has 0 aromatic heterocycles. The molecule has 1 fully saturated rings. The van der Waals surface area contributed by atoms with Crippen LogP contribution < -0.4 is 0 Å². The standard InChI is InChI=1S/C28H31F6N3O4/c1-3-8-23-25(39)35(15-19-9-6-5-7-10-19)16-24(37(23)18-38)36(11-4-2)26(40)41-17-20-12-21(27(29,30)31)14-22(13-20)28(32,33)34/h5-7,9-10,12-14,18,23-24H,3-4,8,11,15-17H2,1-2H3/t23-,24?/m0/s1. The molecular weight excluding hydrogens is 556 g/mol. The number of hydrogen-bond donors (Lipinski definition) is 0. The van der Waals surface area contributed by atoms with Crippen molar-refractivity contribution in [1.29, 1.82) is 0 Å². The van der Waals surface area contributed by atoms with Gasteiger partial charge in [0.1, 0.15) is 18.8 Å². The van der Waals surface area contributed by atoms with Gasteiger partial charge in [-0.3, -0.25) is 14.5 Å². The fourth-order valence-corrected chi connectivity index (χ4v) is 4.76. The van der Waals surface area contributed by atoms with E-state index >= 15 is 0 Å². The molecule has 7 nitrogen and oxygen atoms in total. The number of alkyl halides is 6. The maximum Gasteiger partial charge on any atom is 0.416 e. The van der Waals surface area contributed by atoms with E-state index in [4.69, 9.17) is 4.74 Å². The van der Waals surface area contributed by atoms with E-state index < -0.39 is 54.0 Å². The molecule has 2 aromatic carbocycles. The number of carbonyl (C=O) groups excluding carboxylic acids is 3. The second kappa shape index (κ2) is 13.3. The van der Waals surface area contributed by atoms with Gasteiger partial charge in [-0.25, -0.2) is 4.79 Å². The van der Waals surface area contributed by atoms with E-state index in [0.29, 0.717) is 37.8 Å². The van der Waals surface area contributed by atoms with Crippen LogP contribution in [0.4, 0.5) is 31.1 Å². The lowest BCUT2D eigenvalue weighted by Gasteiger charge is -2.48. The van der Waals surface area contributed by atoms with Crippen molar-refractivity contribution in [2.75, 3.05) is 13.1 Å². The van der Waals surface area contributed by atoms with Crippen LogP contribution in [-0.4, -0.2) is 58.4 Å². The number of carbonyl (C=O) groups is 3. The SMILES string of the molecule is CCC[C@H]1C(=O)N(Cc2ccccc2)CC(N(CCC)C(=O)OCc2cc(C(F)(F)F)cc(C(F)(F)F)c2)N1C=O. The molecule has 13 heteroatoms. The Morgan fingerprint density at radius 3 is 2.10 bits per heavy atom. The van der Waals surface area contributed by atoms with Crippen molar-refractivity contribution in [2.24, 2.45) is 0 Å². The normalized spacial score (nSPS) is 17.9. The molecule has 0 N–H and O–H groups in total. The van der Waals surface area contributed by atoms with Crippen molar-refractivity contribution in [2.45, 2.75) is 70.8 Å². The fourth-order valence-electron chi connectivity index (χ4n) is 4.76.